The Morgan fingerprint density at radius 1 is 1.27 bits per heavy atom. The molecule has 1 aliphatic carbocycles. The average molecular weight is 419 g/mol. The molecule has 3 rings (SSSR count). The summed E-state index contributed by atoms with van der Waals surface area (Å²) in [5, 5.41) is 2.70. The van der Waals surface area contributed by atoms with Gasteiger partial charge in [0, 0.05) is 0 Å². The van der Waals surface area contributed by atoms with Crippen LogP contribution in [-0.2, 0) is 19.9 Å². The quantitative estimate of drug-likeness (QED) is 0.560. The van der Waals surface area contributed by atoms with E-state index in [1.165, 1.54) is 24.3 Å². The maximum absolute atomic E-state index is 13.3. The molecule has 6 nitrogen and oxygen atoms in total. The molecule has 4 atom stereocenters. The third-order valence-electron chi connectivity index (χ3n) is 6.57. The smallest absolute Gasteiger partial charge is 0.326 e. The van der Waals surface area contributed by atoms with Gasteiger partial charge in [-0.3, -0.25) is 14.5 Å². The van der Waals surface area contributed by atoms with Gasteiger partial charge in [0.15, 0.2) is 0 Å². The molecule has 30 heavy (non-hydrogen) atoms. The molecule has 1 aromatic rings. The molecular formula is C23H31FN2O4. The van der Waals surface area contributed by atoms with Gasteiger partial charge in [-0.15, -0.1) is 0 Å². The number of imide groups is 1. The number of nitrogens with zero attached hydrogens (tertiary/aromatic N) is 1. The number of benzene rings is 1. The number of esters is 1. The standard InChI is InChI=1S/C23H31FN2O4/c1-5-23(16-7-9-17(24)10-8-16)21(28)26(22(29)25-23)13-20(27)30-19-12-15(4)6-11-18(19)14(2)3/h7-10,14-15,18-19H,5-6,11-13H2,1-4H3,(H,25,29). The van der Waals surface area contributed by atoms with Crippen LogP contribution < -0.4 is 5.32 Å². The van der Waals surface area contributed by atoms with Crippen LogP contribution in [-0.4, -0.2) is 35.5 Å². The lowest BCUT2D eigenvalue weighted by Gasteiger charge is -2.36. The third-order valence-corrected chi connectivity index (χ3v) is 6.57. The maximum atomic E-state index is 13.3. The Morgan fingerprint density at radius 3 is 2.53 bits per heavy atom. The summed E-state index contributed by atoms with van der Waals surface area (Å²) >= 11 is 0. The van der Waals surface area contributed by atoms with E-state index in [0.717, 1.165) is 24.2 Å². The molecule has 0 bridgehead atoms. The Hall–Kier alpha value is -2.44. The van der Waals surface area contributed by atoms with Crippen molar-refractivity contribution in [2.75, 3.05) is 6.54 Å². The largest absolute Gasteiger partial charge is 0.461 e. The predicted octanol–water partition coefficient (Wildman–Crippen LogP) is 3.99. The van der Waals surface area contributed by atoms with Crippen molar-refractivity contribution < 1.29 is 23.5 Å². The highest BCUT2D eigenvalue weighted by atomic mass is 19.1. The fourth-order valence-electron chi connectivity index (χ4n) is 4.73. The zero-order valence-corrected chi connectivity index (χ0v) is 18.1. The number of halogens is 1. The first kappa shape index (κ1) is 22.2. The number of urea groups is 1. The summed E-state index contributed by atoms with van der Waals surface area (Å²) in [4.78, 5) is 39.3. The fraction of sp³-hybridized carbons (Fsp3) is 0.609. The van der Waals surface area contributed by atoms with Crippen LogP contribution in [0.15, 0.2) is 24.3 Å². The van der Waals surface area contributed by atoms with Crippen molar-refractivity contribution in [1.82, 2.24) is 10.2 Å². The van der Waals surface area contributed by atoms with Crippen LogP contribution >= 0.6 is 0 Å². The van der Waals surface area contributed by atoms with Gasteiger partial charge < -0.3 is 10.1 Å². The second-order valence-corrected chi connectivity index (χ2v) is 8.94. The number of nitrogens with one attached hydrogen (secondary N) is 1. The van der Waals surface area contributed by atoms with Crippen molar-refractivity contribution in [2.45, 2.75) is 65.0 Å². The van der Waals surface area contributed by atoms with Crippen LogP contribution in [0.25, 0.3) is 0 Å². The number of carbonyl (C=O) groups excluding carboxylic acids is 3. The van der Waals surface area contributed by atoms with E-state index in [4.69, 9.17) is 4.74 Å². The topological polar surface area (TPSA) is 75.7 Å². The van der Waals surface area contributed by atoms with E-state index < -0.39 is 35.8 Å². The van der Waals surface area contributed by atoms with E-state index in [1.807, 2.05) is 0 Å². The molecule has 1 saturated carbocycles. The van der Waals surface area contributed by atoms with E-state index in [9.17, 15) is 18.8 Å². The molecular weight excluding hydrogens is 387 g/mol. The second kappa shape index (κ2) is 8.74. The van der Waals surface area contributed by atoms with Crippen LogP contribution in [0.5, 0.6) is 0 Å². The molecule has 7 heteroatoms. The maximum Gasteiger partial charge on any atom is 0.326 e. The van der Waals surface area contributed by atoms with Gasteiger partial charge in [0.25, 0.3) is 5.91 Å². The Bertz CT molecular complexity index is 810. The Morgan fingerprint density at radius 2 is 1.93 bits per heavy atom. The Kier molecular flexibility index (Phi) is 6.48. The van der Waals surface area contributed by atoms with Crippen LogP contribution in [0, 0.1) is 23.6 Å². The van der Waals surface area contributed by atoms with Gasteiger partial charge in [-0.25, -0.2) is 9.18 Å². The zero-order valence-electron chi connectivity index (χ0n) is 18.1. The van der Waals surface area contributed by atoms with E-state index in [-0.39, 0.29) is 18.4 Å². The highest BCUT2D eigenvalue weighted by Gasteiger charge is 2.52. The summed E-state index contributed by atoms with van der Waals surface area (Å²) in [6, 6.07) is 4.82. The molecule has 0 aromatic heterocycles. The van der Waals surface area contributed by atoms with Crippen LogP contribution in [0.1, 0.15) is 58.9 Å². The molecule has 1 N–H and O–H groups in total. The summed E-state index contributed by atoms with van der Waals surface area (Å²) in [5.41, 5.74) is -0.813. The molecule has 2 aliphatic rings. The molecule has 0 radical (unpaired) electrons. The Labute approximate surface area is 177 Å². The van der Waals surface area contributed by atoms with Crippen LogP contribution in [0.3, 0.4) is 0 Å². The predicted molar refractivity (Wildman–Crippen MR) is 110 cm³/mol. The molecule has 0 spiro atoms. The van der Waals surface area contributed by atoms with Crippen molar-refractivity contribution in [2.24, 2.45) is 17.8 Å². The highest BCUT2D eigenvalue weighted by molar-refractivity contribution is 6.09. The first-order chi connectivity index (χ1) is 14.2. The molecule has 3 amide bonds. The SMILES string of the molecule is CCC1(c2ccc(F)cc2)NC(=O)N(CC(=O)OC2CC(C)CCC2C(C)C)C1=O. The zero-order chi connectivity index (χ0) is 22.1. The first-order valence-electron chi connectivity index (χ1n) is 10.8. The number of hydrogen-bond donors (Lipinski definition) is 1. The minimum absolute atomic E-state index is 0.199. The lowest BCUT2D eigenvalue weighted by atomic mass is 9.75. The molecule has 164 valence electrons. The normalized spacial score (nSPS) is 29.3. The lowest BCUT2D eigenvalue weighted by Crippen LogP contribution is -2.44. The summed E-state index contributed by atoms with van der Waals surface area (Å²) in [7, 11) is 0. The van der Waals surface area contributed by atoms with Crippen LogP contribution in [0.2, 0.25) is 0 Å². The van der Waals surface area contributed by atoms with Gasteiger partial charge in [0.1, 0.15) is 24.0 Å². The summed E-state index contributed by atoms with van der Waals surface area (Å²) in [6.07, 6.45) is 2.99. The van der Waals surface area contributed by atoms with E-state index in [2.05, 4.69) is 26.1 Å². The summed E-state index contributed by atoms with van der Waals surface area (Å²) in [6.45, 7) is 7.73. The molecule has 1 aliphatic heterocycles. The number of rotatable bonds is 6. The number of ether oxygens (including phenoxy) is 1. The summed E-state index contributed by atoms with van der Waals surface area (Å²) < 4.78 is 19.1. The monoisotopic (exact) mass is 418 g/mol. The van der Waals surface area contributed by atoms with Crippen LogP contribution in [0.4, 0.5) is 9.18 Å². The van der Waals surface area contributed by atoms with Gasteiger partial charge in [0.05, 0.1) is 0 Å². The highest BCUT2D eigenvalue weighted by Crippen LogP contribution is 2.36. The first-order valence-corrected chi connectivity index (χ1v) is 10.8. The van der Waals surface area contributed by atoms with E-state index >= 15 is 0 Å². The minimum Gasteiger partial charge on any atom is -0.461 e. The lowest BCUT2D eigenvalue weighted by molar-refractivity contribution is -0.158. The van der Waals surface area contributed by atoms with Gasteiger partial charge in [-0.2, -0.15) is 0 Å². The van der Waals surface area contributed by atoms with E-state index in [1.54, 1.807) is 6.92 Å². The number of amides is 3. The average Bonchev–Trinajstić information content (AvgIpc) is 2.93. The van der Waals surface area contributed by atoms with Gasteiger partial charge in [-0.1, -0.05) is 46.2 Å². The van der Waals surface area contributed by atoms with Crippen molar-refractivity contribution in [3.05, 3.63) is 35.6 Å². The third kappa shape index (κ3) is 4.20. The van der Waals surface area contributed by atoms with Crippen molar-refractivity contribution in [3.63, 3.8) is 0 Å². The number of hydrogen-bond acceptors (Lipinski definition) is 4. The second-order valence-electron chi connectivity index (χ2n) is 8.94. The van der Waals surface area contributed by atoms with Gasteiger partial charge in [0.2, 0.25) is 0 Å². The molecule has 1 heterocycles. The molecule has 1 aromatic carbocycles. The number of carbonyl (C=O) groups is 3. The summed E-state index contributed by atoms with van der Waals surface area (Å²) in [5.74, 6) is -0.380. The molecule has 1 saturated heterocycles. The van der Waals surface area contributed by atoms with Crippen molar-refractivity contribution in [3.8, 4) is 0 Å². The van der Waals surface area contributed by atoms with Gasteiger partial charge >= 0.3 is 12.0 Å². The Balaban J connectivity index is 1.73. The molecule has 4 unspecified atom stereocenters. The minimum atomic E-state index is -1.30. The molecule has 2 fully saturated rings. The fourth-order valence-corrected chi connectivity index (χ4v) is 4.73. The van der Waals surface area contributed by atoms with Crippen molar-refractivity contribution in [1.29, 1.82) is 0 Å². The van der Waals surface area contributed by atoms with E-state index in [0.29, 0.717) is 17.4 Å². The van der Waals surface area contributed by atoms with Gasteiger partial charge in [-0.05, 0) is 54.7 Å². The van der Waals surface area contributed by atoms with Crippen molar-refractivity contribution >= 4 is 17.9 Å².